The zero-order valence-corrected chi connectivity index (χ0v) is 13.1. The van der Waals surface area contributed by atoms with Crippen LogP contribution in [0.5, 0.6) is 11.5 Å². The first-order valence-corrected chi connectivity index (χ1v) is 8.17. The van der Waals surface area contributed by atoms with Gasteiger partial charge in [0.15, 0.2) is 11.5 Å². The van der Waals surface area contributed by atoms with E-state index in [1.807, 2.05) is 19.1 Å². The third-order valence-electron chi connectivity index (χ3n) is 3.93. The van der Waals surface area contributed by atoms with Gasteiger partial charge in [-0.2, -0.15) is 0 Å². The highest BCUT2D eigenvalue weighted by molar-refractivity contribution is 5.41. The molecule has 0 bridgehead atoms. The predicted molar refractivity (Wildman–Crippen MR) is 85.9 cm³/mol. The van der Waals surface area contributed by atoms with Crippen LogP contribution in [0.15, 0.2) is 18.2 Å². The Labute approximate surface area is 128 Å². The number of phenols is 1. The molecule has 118 valence electrons. The number of hydrogen-bond acceptors (Lipinski definition) is 4. The van der Waals surface area contributed by atoms with Gasteiger partial charge in [-0.15, -0.1) is 0 Å². The van der Waals surface area contributed by atoms with Gasteiger partial charge < -0.3 is 20.1 Å². The number of phenolic OH excluding ortho intramolecular Hbond substituents is 1. The maximum Gasteiger partial charge on any atom is 0.161 e. The number of benzene rings is 1. The van der Waals surface area contributed by atoms with Gasteiger partial charge in [-0.25, -0.2) is 0 Å². The summed E-state index contributed by atoms with van der Waals surface area (Å²) in [5.41, 5.74) is 1.15. The number of likely N-dealkylation sites (tertiary alicyclic amines) is 1. The van der Waals surface area contributed by atoms with Crippen molar-refractivity contribution in [2.24, 2.45) is 0 Å². The summed E-state index contributed by atoms with van der Waals surface area (Å²) in [5.74, 6) is 0.789. The van der Waals surface area contributed by atoms with E-state index in [0.717, 1.165) is 18.7 Å². The molecule has 2 rings (SSSR count). The van der Waals surface area contributed by atoms with Crippen molar-refractivity contribution in [3.05, 3.63) is 23.8 Å². The molecule has 0 aromatic heterocycles. The van der Waals surface area contributed by atoms with Gasteiger partial charge in [-0.05, 0) is 76.5 Å². The van der Waals surface area contributed by atoms with Crippen LogP contribution in [0.4, 0.5) is 0 Å². The Morgan fingerprint density at radius 1 is 1.24 bits per heavy atom. The topological polar surface area (TPSA) is 44.7 Å². The summed E-state index contributed by atoms with van der Waals surface area (Å²) in [6.07, 6.45) is 5.24. The highest BCUT2D eigenvalue weighted by Crippen LogP contribution is 2.26. The van der Waals surface area contributed by atoms with E-state index in [4.69, 9.17) is 4.74 Å². The number of unbranched alkanes of at least 4 members (excludes halogenated alkanes) is 1. The first-order chi connectivity index (χ1) is 10.3. The molecule has 0 spiro atoms. The summed E-state index contributed by atoms with van der Waals surface area (Å²) in [6, 6.07) is 5.56. The Balaban J connectivity index is 1.60. The van der Waals surface area contributed by atoms with Gasteiger partial charge in [0.05, 0.1) is 6.61 Å². The van der Waals surface area contributed by atoms with Crippen molar-refractivity contribution in [3.63, 3.8) is 0 Å². The van der Waals surface area contributed by atoms with Crippen molar-refractivity contribution >= 4 is 0 Å². The quantitative estimate of drug-likeness (QED) is 0.687. The second-order valence-corrected chi connectivity index (χ2v) is 5.67. The Hall–Kier alpha value is -1.26. The molecule has 1 aliphatic rings. The van der Waals surface area contributed by atoms with Crippen LogP contribution in [-0.2, 0) is 6.54 Å². The molecule has 1 aromatic carbocycles. The number of ether oxygens (including phenoxy) is 1. The number of aromatic hydroxyl groups is 1. The van der Waals surface area contributed by atoms with E-state index in [2.05, 4.69) is 10.2 Å². The van der Waals surface area contributed by atoms with E-state index >= 15 is 0 Å². The van der Waals surface area contributed by atoms with E-state index in [9.17, 15) is 5.11 Å². The lowest BCUT2D eigenvalue weighted by molar-refractivity contribution is 0.317. The minimum atomic E-state index is 0.214. The van der Waals surface area contributed by atoms with Crippen molar-refractivity contribution in [3.8, 4) is 11.5 Å². The van der Waals surface area contributed by atoms with Crippen LogP contribution in [0.25, 0.3) is 0 Å². The average Bonchev–Trinajstić information content (AvgIpc) is 2.99. The molecule has 1 heterocycles. The lowest BCUT2D eigenvalue weighted by atomic mass is 10.2. The van der Waals surface area contributed by atoms with Crippen LogP contribution >= 0.6 is 0 Å². The van der Waals surface area contributed by atoms with E-state index in [1.54, 1.807) is 6.07 Å². The number of nitrogens with one attached hydrogen (secondary N) is 1. The minimum Gasteiger partial charge on any atom is -0.504 e. The Bertz CT molecular complexity index is 417. The molecule has 2 N–H and O–H groups in total. The van der Waals surface area contributed by atoms with Gasteiger partial charge >= 0.3 is 0 Å². The highest BCUT2D eigenvalue weighted by atomic mass is 16.5. The molecule has 0 amide bonds. The fourth-order valence-electron chi connectivity index (χ4n) is 2.76. The molecule has 0 atom stereocenters. The standard InChI is InChI=1S/C17H28N2O2/c1-2-21-17-13-15(7-8-16(17)20)14-18-9-3-4-10-19-11-5-6-12-19/h7-8,13,18,20H,2-6,9-12,14H2,1H3. The second kappa shape index (κ2) is 8.90. The summed E-state index contributed by atoms with van der Waals surface area (Å²) >= 11 is 0. The number of hydrogen-bond donors (Lipinski definition) is 2. The van der Waals surface area contributed by atoms with Gasteiger partial charge in [0.2, 0.25) is 0 Å². The van der Waals surface area contributed by atoms with Crippen molar-refractivity contribution in [2.45, 2.75) is 39.2 Å². The van der Waals surface area contributed by atoms with Crippen LogP contribution in [0.1, 0.15) is 38.2 Å². The largest absolute Gasteiger partial charge is 0.504 e. The Kier molecular flexibility index (Phi) is 6.83. The first kappa shape index (κ1) is 16.1. The predicted octanol–water partition coefficient (Wildman–Crippen LogP) is 2.76. The van der Waals surface area contributed by atoms with Gasteiger partial charge in [0.1, 0.15) is 0 Å². The van der Waals surface area contributed by atoms with Crippen LogP contribution in [-0.4, -0.2) is 42.8 Å². The van der Waals surface area contributed by atoms with Crippen LogP contribution in [0.3, 0.4) is 0 Å². The maximum atomic E-state index is 9.66. The molecule has 0 radical (unpaired) electrons. The molecule has 0 unspecified atom stereocenters. The van der Waals surface area contributed by atoms with E-state index < -0.39 is 0 Å². The molecule has 1 saturated heterocycles. The van der Waals surface area contributed by atoms with E-state index in [-0.39, 0.29) is 5.75 Å². The van der Waals surface area contributed by atoms with Crippen molar-refractivity contribution in [2.75, 3.05) is 32.8 Å². The van der Waals surface area contributed by atoms with Gasteiger partial charge in [0.25, 0.3) is 0 Å². The Morgan fingerprint density at radius 3 is 2.81 bits per heavy atom. The molecule has 21 heavy (non-hydrogen) atoms. The molecule has 0 aliphatic carbocycles. The summed E-state index contributed by atoms with van der Waals surface area (Å²) in [5, 5.41) is 13.1. The van der Waals surface area contributed by atoms with E-state index in [0.29, 0.717) is 12.4 Å². The van der Waals surface area contributed by atoms with Crippen LogP contribution in [0, 0.1) is 0 Å². The van der Waals surface area contributed by atoms with Crippen molar-refractivity contribution < 1.29 is 9.84 Å². The van der Waals surface area contributed by atoms with Gasteiger partial charge in [0, 0.05) is 6.54 Å². The lowest BCUT2D eigenvalue weighted by Crippen LogP contribution is -2.22. The lowest BCUT2D eigenvalue weighted by Gasteiger charge is -2.14. The summed E-state index contributed by atoms with van der Waals surface area (Å²) in [7, 11) is 0. The molecule has 4 heteroatoms. The van der Waals surface area contributed by atoms with Gasteiger partial charge in [-0.3, -0.25) is 0 Å². The summed E-state index contributed by atoms with van der Waals surface area (Å²) in [4.78, 5) is 2.56. The monoisotopic (exact) mass is 292 g/mol. The normalized spacial score (nSPS) is 15.5. The molecule has 1 aromatic rings. The van der Waals surface area contributed by atoms with Crippen molar-refractivity contribution in [1.82, 2.24) is 10.2 Å². The van der Waals surface area contributed by atoms with Crippen LogP contribution < -0.4 is 10.1 Å². The number of rotatable bonds is 9. The first-order valence-electron chi connectivity index (χ1n) is 8.17. The number of nitrogens with zero attached hydrogens (tertiary/aromatic N) is 1. The van der Waals surface area contributed by atoms with Crippen molar-refractivity contribution in [1.29, 1.82) is 0 Å². The molecule has 1 fully saturated rings. The fourth-order valence-corrected chi connectivity index (χ4v) is 2.76. The average molecular weight is 292 g/mol. The molecule has 4 nitrogen and oxygen atoms in total. The highest BCUT2D eigenvalue weighted by Gasteiger charge is 2.09. The fraction of sp³-hybridized carbons (Fsp3) is 0.647. The molecule has 0 saturated carbocycles. The second-order valence-electron chi connectivity index (χ2n) is 5.67. The third-order valence-corrected chi connectivity index (χ3v) is 3.93. The maximum absolute atomic E-state index is 9.66. The molecular weight excluding hydrogens is 264 g/mol. The smallest absolute Gasteiger partial charge is 0.161 e. The molecule has 1 aliphatic heterocycles. The summed E-state index contributed by atoms with van der Waals surface area (Å²) in [6.45, 7) is 8.19. The van der Waals surface area contributed by atoms with E-state index in [1.165, 1.54) is 45.3 Å². The summed E-state index contributed by atoms with van der Waals surface area (Å²) < 4.78 is 5.40. The van der Waals surface area contributed by atoms with Gasteiger partial charge in [-0.1, -0.05) is 6.07 Å². The molecular formula is C17H28N2O2. The zero-order chi connectivity index (χ0) is 14.9. The minimum absolute atomic E-state index is 0.214. The SMILES string of the molecule is CCOc1cc(CNCCCCN2CCCC2)ccc1O. The van der Waals surface area contributed by atoms with Crippen LogP contribution in [0.2, 0.25) is 0 Å². The zero-order valence-electron chi connectivity index (χ0n) is 13.1. The Morgan fingerprint density at radius 2 is 2.05 bits per heavy atom. The third kappa shape index (κ3) is 5.56.